The Morgan fingerprint density at radius 3 is 2.55 bits per heavy atom. The van der Waals surface area contributed by atoms with Gasteiger partial charge in [-0.3, -0.25) is 0 Å². The van der Waals surface area contributed by atoms with Crippen LogP contribution in [0.2, 0.25) is 0 Å². The molecule has 2 N–H and O–H groups in total. The van der Waals surface area contributed by atoms with Crippen LogP contribution in [0.15, 0.2) is 42.5 Å². The van der Waals surface area contributed by atoms with Crippen LogP contribution in [-0.4, -0.2) is 0 Å². The van der Waals surface area contributed by atoms with Crippen LogP contribution in [0.4, 0.5) is 4.39 Å². The van der Waals surface area contributed by atoms with Crippen molar-refractivity contribution in [3.8, 4) is 0 Å². The fourth-order valence-corrected chi connectivity index (χ4v) is 2.47. The molecule has 2 rings (SSSR count). The van der Waals surface area contributed by atoms with Crippen LogP contribution < -0.4 is 5.73 Å². The molecule has 1 atom stereocenters. The highest BCUT2D eigenvalue weighted by Gasteiger charge is 2.14. The minimum Gasteiger partial charge on any atom is -0.320 e. The van der Waals surface area contributed by atoms with E-state index in [4.69, 9.17) is 5.73 Å². The first-order valence-corrected chi connectivity index (χ1v) is 7.08. The highest BCUT2D eigenvalue weighted by atomic mass is 19.1. The molecule has 0 aliphatic heterocycles. The molecule has 0 spiro atoms. The monoisotopic (exact) mass is 271 g/mol. The van der Waals surface area contributed by atoms with E-state index in [2.05, 4.69) is 26.0 Å². The van der Waals surface area contributed by atoms with Crippen LogP contribution >= 0.6 is 0 Å². The van der Waals surface area contributed by atoms with Crippen molar-refractivity contribution in [3.63, 3.8) is 0 Å². The van der Waals surface area contributed by atoms with Crippen LogP contribution in [0.1, 0.15) is 42.1 Å². The first kappa shape index (κ1) is 14.7. The Morgan fingerprint density at radius 2 is 1.85 bits per heavy atom. The predicted molar refractivity (Wildman–Crippen MR) is 82.2 cm³/mol. The highest BCUT2D eigenvalue weighted by Crippen LogP contribution is 2.24. The lowest BCUT2D eigenvalue weighted by Crippen LogP contribution is -2.14. The molecule has 2 aromatic carbocycles. The average Bonchev–Trinajstić information content (AvgIpc) is 2.40. The van der Waals surface area contributed by atoms with Crippen LogP contribution in [-0.2, 0) is 6.42 Å². The maximum Gasteiger partial charge on any atom is 0.128 e. The Labute approximate surface area is 120 Å². The maximum atomic E-state index is 13.9. The molecule has 0 saturated carbocycles. The Kier molecular flexibility index (Phi) is 4.56. The molecule has 2 aromatic rings. The third-order valence-electron chi connectivity index (χ3n) is 3.44. The summed E-state index contributed by atoms with van der Waals surface area (Å²) in [7, 11) is 0. The summed E-state index contributed by atoms with van der Waals surface area (Å²) in [5.74, 6) is 0.356. The van der Waals surface area contributed by atoms with E-state index in [1.54, 1.807) is 6.07 Å². The largest absolute Gasteiger partial charge is 0.320 e. The van der Waals surface area contributed by atoms with Gasteiger partial charge in [0.05, 0.1) is 6.04 Å². The van der Waals surface area contributed by atoms with Crippen molar-refractivity contribution in [1.82, 2.24) is 0 Å². The van der Waals surface area contributed by atoms with Crippen LogP contribution in [0.5, 0.6) is 0 Å². The van der Waals surface area contributed by atoms with Crippen molar-refractivity contribution in [2.45, 2.75) is 33.2 Å². The molecule has 0 fully saturated rings. The van der Waals surface area contributed by atoms with E-state index in [0.717, 1.165) is 17.5 Å². The minimum absolute atomic E-state index is 0.239. The Morgan fingerprint density at radius 1 is 1.10 bits per heavy atom. The summed E-state index contributed by atoms with van der Waals surface area (Å²) in [6, 6.07) is 12.8. The van der Waals surface area contributed by atoms with Gasteiger partial charge in [-0.15, -0.1) is 0 Å². The summed E-state index contributed by atoms with van der Waals surface area (Å²) in [5.41, 5.74) is 10.0. The van der Waals surface area contributed by atoms with Gasteiger partial charge in [-0.05, 0) is 36.5 Å². The number of hydrogen-bond acceptors (Lipinski definition) is 1. The first-order valence-electron chi connectivity index (χ1n) is 7.08. The van der Waals surface area contributed by atoms with Crippen molar-refractivity contribution >= 4 is 0 Å². The van der Waals surface area contributed by atoms with Gasteiger partial charge in [-0.25, -0.2) is 4.39 Å². The summed E-state index contributed by atoms with van der Waals surface area (Å²) >= 11 is 0. The molecule has 1 nitrogen and oxygen atoms in total. The third kappa shape index (κ3) is 3.45. The Balaban J connectivity index is 2.33. The smallest absolute Gasteiger partial charge is 0.128 e. The van der Waals surface area contributed by atoms with Gasteiger partial charge >= 0.3 is 0 Å². The molecule has 0 heterocycles. The van der Waals surface area contributed by atoms with Crippen molar-refractivity contribution in [1.29, 1.82) is 0 Å². The summed E-state index contributed by atoms with van der Waals surface area (Å²) < 4.78 is 13.9. The molecule has 0 amide bonds. The number of nitrogens with two attached hydrogens (primary N) is 1. The molecule has 0 bridgehead atoms. The van der Waals surface area contributed by atoms with Gasteiger partial charge in [0.1, 0.15) is 5.82 Å². The van der Waals surface area contributed by atoms with Crippen LogP contribution in [0.25, 0.3) is 0 Å². The second-order valence-electron chi connectivity index (χ2n) is 5.85. The molecule has 0 aliphatic carbocycles. The molecule has 0 aliphatic rings. The van der Waals surface area contributed by atoms with Gasteiger partial charge in [0, 0.05) is 5.56 Å². The van der Waals surface area contributed by atoms with E-state index < -0.39 is 6.04 Å². The quantitative estimate of drug-likeness (QED) is 0.877. The number of hydrogen-bond donors (Lipinski definition) is 1. The predicted octanol–water partition coefficient (Wildman–Crippen LogP) is 4.38. The minimum atomic E-state index is -0.415. The topological polar surface area (TPSA) is 26.0 Å². The fraction of sp³-hybridized carbons (Fsp3) is 0.333. The second kappa shape index (κ2) is 6.19. The SMILES string of the molecule is Cc1ccc(F)c(C(N)c2cccc(CC(C)C)c2)c1. The van der Waals surface area contributed by atoms with Crippen molar-refractivity contribution in [3.05, 3.63) is 70.5 Å². The van der Waals surface area contributed by atoms with Crippen molar-refractivity contribution in [2.75, 3.05) is 0 Å². The summed E-state index contributed by atoms with van der Waals surface area (Å²) in [4.78, 5) is 0. The van der Waals surface area contributed by atoms with Crippen LogP contribution in [0.3, 0.4) is 0 Å². The van der Waals surface area contributed by atoms with Crippen molar-refractivity contribution < 1.29 is 4.39 Å². The standard InChI is InChI=1S/C18H22FN/c1-12(2)9-14-5-4-6-15(11-14)18(20)16-10-13(3)7-8-17(16)19/h4-8,10-12,18H,9,20H2,1-3H3. The molecule has 106 valence electrons. The molecule has 1 unspecified atom stereocenters. The molecule has 0 aromatic heterocycles. The van der Waals surface area contributed by atoms with Gasteiger partial charge in [-0.1, -0.05) is 55.8 Å². The highest BCUT2D eigenvalue weighted by molar-refractivity contribution is 5.36. The molecular formula is C18H22FN. The van der Waals surface area contributed by atoms with Gasteiger partial charge < -0.3 is 5.73 Å². The lowest BCUT2D eigenvalue weighted by molar-refractivity contribution is 0.598. The lowest BCUT2D eigenvalue weighted by atomic mass is 9.94. The maximum absolute atomic E-state index is 13.9. The van der Waals surface area contributed by atoms with Gasteiger partial charge in [0.15, 0.2) is 0 Å². The summed E-state index contributed by atoms with van der Waals surface area (Å²) in [5, 5.41) is 0. The molecule has 0 saturated heterocycles. The average molecular weight is 271 g/mol. The van der Waals surface area contributed by atoms with E-state index in [0.29, 0.717) is 11.5 Å². The Hall–Kier alpha value is -1.67. The van der Waals surface area contributed by atoms with Crippen molar-refractivity contribution in [2.24, 2.45) is 11.7 Å². The number of benzene rings is 2. The number of halogens is 1. The van der Waals surface area contributed by atoms with E-state index in [9.17, 15) is 4.39 Å². The molecule has 20 heavy (non-hydrogen) atoms. The molecular weight excluding hydrogens is 249 g/mol. The van der Waals surface area contributed by atoms with E-state index in [1.165, 1.54) is 11.6 Å². The summed E-state index contributed by atoms with van der Waals surface area (Å²) in [6.07, 6.45) is 1.01. The van der Waals surface area contributed by atoms with E-state index in [-0.39, 0.29) is 5.82 Å². The zero-order valence-electron chi connectivity index (χ0n) is 12.4. The van der Waals surface area contributed by atoms with Crippen LogP contribution in [0, 0.1) is 18.7 Å². The van der Waals surface area contributed by atoms with E-state index in [1.807, 2.05) is 25.1 Å². The molecule has 2 heteroatoms. The number of rotatable bonds is 4. The molecule has 0 radical (unpaired) electrons. The zero-order valence-corrected chi connectivity index (χ0v) is 12.4. The first-order chi connectivity index (χ1) is 9.47. The Bertz CT molecular complexity index is 590. The van der Waals surface area contributed by atoms with Gasteiger partial charge in [0.25, 0.3) is 0 Å². The zero-order chi connectivity index (χ0) is 14.7. The van der Waals surface area contributed by atoms with E-state index >= 15 is 0 Å². The number of aryl methyl sites for hydroxylation is 1. The summed E-state index contributed by atoms with van der Waals surface area (Å²) in [6.45, 7) is 6.32. The third-order valence-corrected chi connectivity index (χ3v) is 3.44. The lowest BCUT2D eigenvalue weighted by Gasteiger charge is -2.16. The van der Waals surface area contributed by atoms with Gasteiger partial charge in [-0.2, -0.15) is 0 Å². The van der Waals surface area contributed by atoms with Gasteiger partial charge in [0.2, 0.25) is 0 Å². The second-order valence-corrected chi connectivity index (χ2v) is 5.85. The fourth-order valence-electron chi connectivity index (χ4n) is 2.47. The normalized spacial score (nSPS) is 12.7.